The van der Waals surface area contributed by atoms with Crippen LogP contribution >= 0.6 is 0 Å². The fraction of sp³-hybridized carbons (Fsp3) is 0.240. The Labute approximate surface area is 190 Å². The molecule has 0 aromatic heterocycles. The number of amides is 1. The Balaban J connectivity index is 1.48. The highest BCUT2D eigenvalue weighted by atomic mass is 19.1. The molecule has 2 atom stereocenters. The Kier molecular flexibility index (Phi) is 5.42. The average molecular weight is 446 g/mol. The number of fused-ring (bicyclic) bond motifs is 3. The highest BCUT2D eigenvalue weighted by molar-refractivity contribution is 5.94. The van der Waals surface area contributed by atoms with Gasteiger partial charge in [0.1, 0.15) is 5.82 Å². The zero-order valence-corrected chi connectivity index (χ0v) is 17.9. The van der Waals surface area contributed by atoms with E-state index in [1.165, 1.54) is 30.3 Å². The van der Waals surface area contributed by atoms with Crippen LogP contribution in [0.2, 0.25) is 0 Å². The lowest BCUT2D eigenvalue weighted by Gasteiger charge is -2.49. The van der Waals surface area contributed by atoms with Crippen LogP contribution in [0.3, 0.4) is 0 Å². The average Bonchev–Trinajstić information content (AvgIpc) is 2.84. The first kappa shape index (κ1) is 20.9. The number of carbonyl (C=O) groups is 1. The van der Waals surface area contributed by atoms with Gasteiger partial charge in [-0.15, -0.1) is 0 Å². The molecule has 7 nitrogen and oxygen atoms in total. The molecule has 33 heavy (non-hydrogen) atoms. The normalized spacial score (nSPS) is 19.4. The second-order valence-corrected chi connectivity index (χ2v) is 8.42. The Bertz CT molecular complexity index is 1190. The van der Waals surface area contributed by atoms with Crippen LogP contribution < -0.4 is 15.1 Å². The van der Waals surface area contributed by atoms with Gasteiger partial charge >= 0.3 is 0 Å². The smallest absolute Gasteiger partial charge is 0.269 e. The molecule has 8 heteroatoms. The number of benzene rings is 3. The van der Waals surface area contributed by atoms with E-state index in [0.717, 1.165) is 23.5 Å². The molecule has 0 aliphatic carbocycles. The largest absolute Gasteiger partial charge is 0.368 e. The third kappa shape index (κ3) is 4.11. The first-order valence-corrected chi connectivity index (χ1v) is 10.9. The molecule has 3 aromatic rings. The van der Waals surface area contributed by atoms with Crippen LogP contribution in [0.25, 0.3) is 0 Å². The number of nitro benzene ring substituents is 1. The van der Waals surface area contributed by atoms with Gasteiger partial charge in [-0.2, -0.15) is 0 Å². The topological polar surface area (TPSA) is 78.7 Å². The quantitative estimate of drug-likeness (QED) is 0.479. The number of carbonyl (C=O) groups excluding carboxylic acids is 1. The molecule has 168 valence electrons. The second kappa shape index (κ2) is 8.54. The lowest BCUT2D eigenvalue weighted by molar-refractivity contribution is -0.384. The van der Waals surface area contributed by atoms with Gasteiger partial charge in [0, 0.05) is 48.8 Å². The van der Waals surface area contributed by atoms with Gasteiger partial charge in [-0.1, -0.05) is 18.2 Å². The molecular weight excluding hydrogens is 423 g/mol. The first-order chi connectivity index (χ1) is 16.0. The van der Waals surface area contributed by atoms with Gasteiger partial charge in [0.05, 0.1) is 16.9 Å². The Morgan fingerprint density at radius 2 is 1.79 bits per heavy atom. The van der Waals surface area contributed by atoms with Gasteiger partial charge in [0.2, 0.25) is 5.91 Å². The molecule has 0 bridgehead atoms. The third-order valence-corrected chi connectivity index (χ3v) is 6.48. The molecule has 0 radical (unpaired) electrons. The number of non-ortho nitro benzene ring substituents is 1. The third-order valence-electron chi connectivity index (χ3n) is 6.48. The van der Waals surface area contributed by atoms with E-state index in [9.17, 15) is 19.3 Å². The maximum atomic E-state index is 13.4. The highest BCUT2D eigenvalue weighted by Gasteiger charge is 2.42. The van der Waals surface area contributed by atoms with Gasteiger partial charge in [-0.05, 0) is 54.4 Å². The van der Waals surface area contributed by atoms with Crippen LogP contribution in [-0.4, -0.2) is 36.5 Å². The minimum Gasteiger partial charge on any atom is -0.368 e. The summed E-state index contributed by atoms with van der Waals surface area (Å²) in [6, 6.07) is 20.6. The van der Waals surface area contributed by atoms with Crippen LogP contribution in [0.15, 0.2) is 72.8 Å². The number of rotatable bonds is 4. The van der Waals surface area contributed by atoms with Crippen LogP contribution in [-0.2, 0) is 11.2 Å². The molecule has 1 amide bonds. The Morgan fingerprint density at radius 1 is 1.03 bits per heavy atom. The fourth-order valence-corrected chi connectivity index (χ4v) is 4.86. The van der Waals surface area contributed by atoms with Crippen molar-refractivity contribution in [1.29, 1.82) is 0 Å². The van der Waals surface area contributed by atoms with E-state index in [1.54, 1.807) is 12.1 Å². The monoisotopic (exact) mass is 446 g/mol. The second-order valence-electron chi connectivity index (χ2n) is 8.42. The number of nitro groups is 1. The van der Waals surface area contributed by atoms with E-state index in [1.807, 2.05) is 18.2 Å². The van der Waals surface area contributed by atoms with Crippen molar-refractivity contribution in [3.63, 3.8) is 0 Å². The summed E-state index contributed by atoms with van der Waals surface area (Å²) >= 11 is 0. The first-order valence-electron chi connectivity index (χ1n) is 10.9. The van der Waals surface area contributed by atoms with Gasteiger partial charge < -0.3 is 15.1 Å². The molecule has 3 aromatic carbocycles. The summed E-state index contributed by atoms with van der Waals surface area (Å²) in [5.74, 6) is -0.969. The van der Waals surface area contributed by atoms with Gasteiger partial charge in [-0.25, -0.2) is 4.39 Å². The number of hydrogen-bond donors (Lipinski definition) is 1. The van der Waals surface area contributed by atoms with Crippen molar-refractivity contribution in [3.8, 4) is 0 Å². The van der Waals surface area contributed by atoms with E-state index < -0.39 is 10.8 Å². The van der Waals surface area contributed by atoms with Crippen LogP contribution in [0.4, 0.5) is 27.1 Å². The molecule has 1 fully saturated rings. The van der Waals surface area contributed by atoms with E-state index >= 15 is 0 Å². The lowest BCUT2D eigenvalue weighted by atomic mass is 9.83. The summed E-state index contributed by atoms with van der Waals surface area (Å²) in [6.45, 7) is 2.13. The van der Waals surface area contributed by atoms with Crippen molar-refractivity contribution in [2.45, 2.75) is 12.5 Å². The van der Waals surface area contributed by atoms with Crippen molar-refractivity contribution in [2.24, 2.45) is 5.92 Å². The van der Waals surface area contributed by atoms with Crippen molar-refractivity contribution >= 4 is 28.7 Å². The summed E-state index contributed by atoms with van der Waals surface area (Å²) in [7, 11) is 0. The maximum Gasteiger partial charge on any atom is 0.269 e. The van der Waals surface area contributed by atoms with Crippen LogP contribution in [0.1, 0.15) is 5.56 Å². The summed E-state index contributed by atoms with van der Waals surface area (Å²) in [5, 5.41) is 14.2. The zero-order chi connectivity index (χ0) is 22.9. The Morgan fingerprint density at radius 3 is 2.52 bits per heavy atom. The molecule has 1 N–H and O–H groups in total. The molecular formula is C25H23FN4O3. The number of piperazine rings is 1. The molecule has 0 saturated carbocycles. The van der Waals surface area contributed by atoms with Crippen LogP contribution in [0, 0.1) is 21.8 Å². The summed E-state index contributed by atoms with van der Waals surface area (Å²) in [4.78, 5) is 28.8. The standard InChI is InChI=1S/C25H23FN4O3/c26-18-6-8-19(9-7-18)27-25(31)22-15-17-14-21(30(32)33)10-11-23(17)29-13-12-28(16-24(22)29)20-4-2-1-3-5-20/h1-11,14,22,24H,12-13,15-16H2,(H,27,31). The van der Waals surface area contributed by atoms with Crippen molar-refractivity contribution in [1.82, 2.24) is 0 Å². The zero-order valence-electron chi connectivity index (χ0n) is 17.9. The molecule has 5 rings (SSSR count). The minimum atomic E-state index is -0.420. The molecule has 2 unspecified atom stereocenters. The number of para-hydroxylation sites is 1. The van der Waals surface area contributed by atoms with Crippen LogP contribution in [0.5, 0.6) is 0 Å². The van der Waals surface area contributed by atoms with Crippen molar-refractivity contribution in [3.05, 3.63) is 94.3 Å². The lowest BCUT2D eigenvalue weighted by Crippen LogP contribution is -2.60. The van der Waals surface area contributed by atoms with E-state index in [0.29, 0.717) is 25.2 Å². The summed E-state index contributed by atoms with van der Waals surface area (Å²) < 4.78 is 13.3. The molecule has 2 aliphatic rings. The number of nitrogens with one attached hydrogen (secondary N) is 1. The molecule has 0 spiro atoms. The SMILES string of the molecule is O=C(Nc1ccc(F)cc1)C1Cc2cc([N+](=O)[O-])ccc2N2CCN(c3ccccc3)CC12. The summed E-state index contributed by atoms with van der Waals surface area (Å²) in [5.41, 5.74) is 3.39. The molecule has 2 heterocycles. The van der Waals surface area contributed by atoms with Crippen molar-refractivity contribution in [2.75, 3.05) is 34.8 Å². The number of hydrogen-bond acceptors (Lipinski definition) is 5. The summed E-state index contributed by atoms with van der Waals surface area (Å²) in [6.07, 6.45) is 0.397. The number of halogens is 1. The van der Waals surface area contributed by atoms with Gasteiger partial charge in [-0.3, -0.25) is 14.9 Å². The molecule has 1 saturated heterocycles. The van der Waals surface area contributed by atoms with Gasteiger partial charge in [0.25, 0.3) is 5.69 Å². The maximum absolute atomic E-state index is 13.4. The number of nitrogens with zero attached hydrogens (tertiary/aromatic N) is 3. The van der Waals surface area contributed by atoms with Crippen molar-refractivity contribution < 1.29 is 14.1 Å². The molecule has 2 aliphatic heterocycles. The highest BCUT2D eigenvalue weighted by Crippen LogP contribution is 2.39. The van der Waals surface area contributed by atoms with Gasteiger partial charge in [0.15, 0.2) is 0 Å². The van der Waals surface area contributed by atoms with E-state index in [-0.39, 0.29) is 23.5 Å². The van der Waals surface area contributed by atoms with E-state index in [2.05, 4.69) is 27.2 Å². The predicted octanol–water partition coefficient (Wildman–Crippen LogP) is 4.24. The predicted molar refractivity (Wildman–Crippen MR) is 125 cm³/mol. The fourth-order valence-electron chi connectivity index (χ4n) is 4.86. The minimum absolute atomic E-state index is 0.0211. The van der Waals surface area contributed by atoms with E-state index in [4.69, 9.17) is 0 Å². The Hall–Kier alpha value is -3.94. The number of anilines is 3.